The second-order valence-electron chi connectivity index (χ2n) is 7.28. The maximum absolute atomic E-state index is 12.3. The fourth-order valence-corrected chi connectivity index (χ4v) is 2.98. The molecular formula is C23H27NO2. The molecule has 2 aromatic rings. The molecule has 0 aliphatic rings. The summed E-state index contributed by atoms with van der Waals surface area (Å²) in [5.74, 6) is 0. The van der Waals surface area contributed by atoms with E-state index >= 15 is 0 Å². The maximum atomic E-state index is 12.3. The number of amides is 1. The van der Waals surface area contributed by atoms with Gasteiger partial charge in [-0.15, -0.1) is 5.73 Å². The quantitative estimate of drug-likeness (QED) is 0.725. The zero-order chi connectivity index (χ0) is 19.0. The molecule has 136 valence electrons. The van der Waals surface area contributed by atoms with E-state index < -0.39 is 17.1 Å². The highest BCUT2D eigenvalue weighted by Gasteiger charge is 2.34. The summed E-state index contributed by atoms with van der Waals surface area (Å²) in [5, 5.41) is 2.96. The molecule has 0 aromatic heterocycles. The van der Waals surface area contributed by atoms with Gasteiger partial charge in [0.1, 0.15) is 5.60 Å². The average Bonchev–Trinajstić information content (AvgIpc) is 2.62. The molecule has 3 nitrogen and oxygen atoms in total. The van der Waals surface area contributed by atoms with Gasteiger partial charge in [-0.25, -0.2) is 4.79 Å². The number of alkyl carbamates (subject to hydrolysis) is 1. The van der Waals surface area contributed by atoms with Gasteiger partial charge in [0.15, 0.2) is 0 Å². The zero-order valence-corrected chi connectivity index (χ0v) is 15.8. The first-order valence-corrected chi connectivity index (χ1v) is 8.79. The van der Waals surface area contributed by atoms with Crippen molar-refractivity contribution >= 4 is 6.09 Å². The van der Waals surface area contributed by atoms with E-state index in [4.69, 9.17) is 4.74 Å². The summed E-state index contributed by atoms with van der Waals surface area (Å²) in [7, 11) is 0. The fourth-order valence-electron chi connectivity index (χ4n) is 2.98. The van der Waals surface area contributed by atoms with Crippen molar-refractivity contribution in [2.45, 2.75) is 38.2 Å². The number of nitrogens with one attached hydrogen (secondary N) is 1. The summed E-state index contributed by atoms with van der Waals surface area (Å²) in [6.45, 7) is 9.68. The molecular weight excluding hydrogens is 322 g/mol. The number of carbonyl (C=O) groups excluding carboxylic acids is 1. The lowest BCUT2D eigenvalue weighted by molar-refractivity contribution is 0.0518. The van der Waals surface area contributed by atoms with Gasteiger partial charge in [-0.05, 0) is 44.4 Å². The Morgan fingerprint density at radius 2 is 1.54 bits per heavy atom. The van der Waals surface area contributed by atoms with Crippen LogP contribution in [0.3, 0.4) is 0 Å². The number of ether oxygens (including phenoxy) is 1. The van der Waals surface area contributed by atoms with E-state index in [1.807, 2.05) is 63.2 Å². The Labute approximate surface area is 156 Å². The zero-order valence-electron chi connectivity index (χ0n) is 15.8. The summed E-state index contributed by atoms with van der Waals surface area (Å²) in [4.78, 5) is 12.3. The number of hydrogen-bond acceptors (Lipinski definition) is 2. The van der Waals surface area contributed by atoms with Crippen molar-refractivity contribution < 1.29 is 9.53 Å². The monoisotopic (exact) mass is 349 g/mol. The Hall–Kier alpha value is -2.77. The highest BCUT2D eigenvalue weighted by atomic mass is 16.6. The standard InChI is InChI=1S/C23H27NO2/c1-5-6-17-23(19-13-9-7-10-14-19,20-15-11-8-12-16-20)18-24-21(25)26-22(2,3)4/h6-16H,1,17-18H2,2-4H3,(H,24,25). The minimum Gasteiger partial charge on any atom is -0.444 e. The molecule has 0 spiro atoms. The van der Waals surface area contributed by atoms with Crippen LogP contribution in [-0.4, -0.2) is 18.2 Å². The third kappa shape index (κ3) is 5.11. The topological polar surface area (TPSA) is 38.3 Å². The van der Waals surface area contributed by atoms with Gasteiger partial charge in [-0.2, -0.15) is 0 Å². The van der Waals surface area contributed by atoms with Crippen molar-refractivity contribution in [1.82, 2.24) is 5.32 Å². The molecule has 0 atom stereocenters. The van der Waals surface area contributed by atoms with E-state index in [1.165, 1.54) is 0 Å². The summed E-state index contributed by atoms with van der Waals surface area (Å²) in [5.41, 5.74) is 4.15. The van der Waals surface area contributed by atoms with Crippen molar-refractivity contribution in [2.24, 2.45) is 0 Å². The van der Waals surface area contributed by atoms with Gasteiger partial charge in [-0.1, -0.05) is 67.2 Å². The Morgan fingerprint density at radius 3 is 1.96 bits per heavy atom. The second kappa shape index (κ2) is 8.55. The van der Waals surface area contributed by atoms with Gasteiger partial charge in [0.2, 0.25) is 0 Å². The first-order chi connectivity index (χ1) is 12.4. The molecule has 0 fully saturated rings. The number of carbonyl (C=O) groups is 1. The van der Waals surface area contributed by atoms with E-state index in [0.29, 0.717) is 13.0 Å². The predicted molar refractivity (Wildman–Crippen MR) is 106 cm³/mol. The maximum Gasteiger partial charge on any atom is 0.407 e. The molecule has 1 amide bonds. The molecule has 3 heteroatoms. The van der Waals surface area contributed by atoms with Crippen LogP contribution in [0.15, 0.2) is 79.0 Å². The summed E-state index contributed by atoms with van der Waals surface area (Å²) < 4.78 is 5.42. The van der Waals surface area contributed by atoms with Crippen LogP contribution < -0.4 is 5.32 Å². The lowest BCUT2D eigenvalue weighted by atomic mass is 9.72. The average molecular weight is 349 g/mol. The van der Waals surface area contributed by atoms with Crippen LogP contribution in [0.1, 0.15) is 38.3 Å². The SMILES string of the molecule is C=C=CCC(CNC(=O)OC(C)(C)C)(c1ccccc1)c1ccccc1. The van der Waals surface area contributed by atoms with Gasteiger partial charge >= 0.3 is 6.09 Å². The van der Waals surface area contributed by atoms with Crippen molar-refractivity contribution in [1.29, 1.82) is 0 Å². The van der Waals surface area contributed by atoms with Crippen LogP contribution in [0.2, 0.25) is 0 Å². The third-order valence-corrected chi connectivity index (χ3v) is 4.18. The highest BCUT2D eigenvalue weighted by molar-refractivity contribution is 5.68. The summed E-state index contributed by atoms with van der Waals surface area (Å²) in [6.07, 6.45) is 2.16. The molecule has 0 saturated carbocycles. The van der Waals surface area contributed by atoms with Crippen molar-refractivity contribution in [3.05, 3.63) is 90.2 Å². The van der Waals surface area contributed by atoms with Crippen LogP contribution in [0, 0.1) is 0 Å². The molecule has 26 heavy (non-hydrogen) atoms. The minimum absolute atomic E-state index is 0.411. The normalized spacial score (nSPS) is 11.3. The van der Waals surface area contributed by atoms with Crippen molar-refractivity contribution in [2.75, 3.05) is 6.54 Å². The Balaban J connectivity index is 2.42. The molecule has 1 N–H and O–H groups in total. The number of hydrogen-bond donors (Lipinski definition) is 1. The predicted octanol–water partition coefficient (Wildman–Crippen LogP) is 5.23. The van der Waals surface area contributed by atoms with Crippen LogP contribution in [0.25, 0.3) is 0 Å². The second-order valence-corrected chi connectivity index (χ2v) is 7.28. The van der Waals surface area contributed by atoms with Gasteiger partial charge in [0, 0.05) is 12.0 Å². The Morgan fingerprint density at radius 1 is 1.04 bits per heavy atom. The molecule has 0 unspecified atom stereocenters. The number of benzene rings is 2. The van der Waals surface area contributed by atoms with Crippen LogP contribution >= 0.6 is 0 Å². The van der Waals surface area contributed by atoms with Crippen LogP contribution in [0.4, 0.5) is 4.79 Å². The summed E-state index contributed by atoms with van der Waals surface area (Å²) >= 11 is 0. The lowest BCUT2D eigenvalue weighted by Crippen LogP contribution is -2.43. The smallest absolute Gasteiger partial charge is 0.407 e. The molecule has 0 aliphatic carbocycles. The summed E-state index contributed by atoms with van der Waals surface area (Å²) in [6, 6.07) is 20.4. The largest absolute Gasteiger partial charge is 0.444 e. The minimum atomic E-state index is -0.534. The van der Waals surface area contributed by atoms with Gasteiger partial charge in [-0.3, -0.25) is 0 Å². The molecule has 0 saturated heterocycles. The molecule has 0 heterocycles. The Kier molecular flexibility index (Phi) is 6.43. The van der Waals surface area contributed by atoms with Crippen LogP contribution in [0.5, 0.6) is 0 Å². The van der Waals surface area contributed by atoms with E-state index in [2.05, 4.69) is 41.9 Å². The molecule has 2 rings (SSSR count). The van der Waals surface area contributed by atoms with Gasteiger partial charge in [0.25, 0.3) is 0 Å². The van der Waals surface area contributed by atoms with Gasteiger partial charge in [0.05, 0.1) is 0 Å². The highest BCUT2D eigenvalue weighted by Crippen LogP contribution is 2.35. The molecule has 0 radical (unpaired) electrons. The third-order valence-electron chi connectivity index (χ3n) is 4.18. The Bertz CT molecular complexity index is 714. The van der Waals surface area contributed by atoms with Crippen molar-refractivity contribution in [3.63, 3.8) is 0 Å². The van der Waals surface area contributed by atoms with Crippen molar-refractivity contribution in [3.8, 4) is 0 Å². The van der Waals surface area contributed by atoms with E-state index in [1.54, 1.807) is 0 Å². The van der Waals surface area contributed by atoms with E-state index in [-0.39, 0.29) is 0 Å². The number of rotatable bonds is 6. The molecule has 0 aliphatic heterocycles. The molecule has 2 aromatic carbocycles. The van der Waals surface area contributed by atoms with Crippen LogP contribution in [-0.2, 0) is 10.2 Å². The first-order valence-electron chi connectivity index (χ1n) is 8.79. The fraction of sp³-hybridized carbons (Fsp3) is 0.304. The number of allylic oxidation sites excluding steroid dienone is 1. The lowest BCUT2D eigenvalue weighted by Gasteiger charge is -2.34. The van der Waals surface area contributed by atoms with E-state index in [0.717, 1.165) is 11.1 Å². The first kappa shape index (κ1) is 19.6. The van der Waals surface area contributed by atoms with E-state index in [9.17, 15) is 4.79 Å². The molecule has 0 bridgehead atoms. The van der Waals surface area contributed by atoms with Gasteiger partial charge < -0.3 is 10.1 Å².